The molecule has 1 aromatic carbocycles. The standard InChI is InChI=1S/C16H15N3O2S2/c1-11(15(20)19(2)12-7-4-3-5-8-12)23-16-18-17-14(21-16)13-9-6-10-22-13/h3-11H,1-2H3. The fourth-order valence-corrected chi connectivity index (χ4v) is 3.43. The number of aromatic nitrogens is 2. The Morgan fingerprint density at radius 1 is 1.22 bits per heavy atom. The van der Waals surface area contributed by atoms with Gasteiger partial charge >= 0.3 is 0 Å². The molecule has 23 heavy (non-hydrogen) atoms. The van der Waals surface area contributed by atoms with Crippen LogP contribution in [-0.4, -0.2) is 28.4 Å². The van der Waals surface area contributed by atoms with E-state index in [0.717, 1.165) is 10.6 Å². The molecule has 1 atom stereocenters. The van der Waals surface area contributed by atoms with Gasteiger partial charge < -0.3 is 9.32 Å². The SMILES string of the molecule is CC(Sc1nnc(-c2cccs2)o1)C(=O)N(C)c1ccccc1. The summed E-state index contributed by atoms with van der Waals surface area (Å²) >= 11 is 2.80. The van der Waals surface area contributed by atoms with E-state index < -0.39 is 0 Å². The average molecular weight is 345 g/mol. The summed E-state index contributed by atoms with van der Waals surface area (Å²) in [6, 6.07) is 13.4. The maximum atomic E-state index is 12.5. The zero-order valence-corrected chi connectivity index (χ0v) is 14.3. The van der Waals surface area contributed by atoms with E-state index in [1.165, 1.54) is 23.1 Å². The Hall–Kier alpha value is -2.12. The van der Waals surface area contributed by atoms with Gasteiger partial charge in [0.2, 0.25) is 5.91 Å². The lowest BCUT2D eigenvalue weighted by Gasteiger charge is -2.20. The van der Waals surface area contributed by atoms with Crippen LogP contribution >= 0.6 is 23.1 Å². The number of hydrogen-bond donors (Lipinski definition) is 0. The van der Waals surface area contributed by atoms with Crippen LogP contribution in [0.25, 0.3) is 10.8 Å². The van der Waals surface area contributed by atoms with Crippen molar-refractivity contribution in [2.24, 2.45) is 0 Å². The molecule has 0 N–H and O–H groups in total. The molecule has 0 saturated heterocycles. The van der Waals surface area contributed by atoms with Crippen LogP contribution in [0, 0.1) is 0 Å². The van der Waals surface area contributed by atoms with Gasteiger partial charge in [-0.2, -0.15) is 0 Å². The topological polar surface area (TPSA) is 59.2 Å². The van der Waals surface area contributed by atoms with Gasteiger partial charge in [-0.05, 0) is 30.5 Å². The molecule has 0 saturated carbocycles. The van der Waals surface area contributed by atoms with Gasteiger partial charge in [-0.1, -0.05) is 36.0 Å². The first-order chi connectivity index (χ1) is 11.1. The average Bonchev–Trinajstić information content (AvgIpc) is 3.25. The molecule has 7 heteroatoms. The number of carbonyl (C=O) groups excluding carboxylic acids is 1. The molecule has 0 bridgehead atoms. The van der Waals surface area contributed by atoms with Crippen molar-refractivity contribution in [1.29, 1.82) is 0 Å². The van der Waals surface area contributed by atoms with E-state index >= 15 is 0 Å². The zero-order chi connectivity index (χ0) is 16.2. The second kappa shape index (κ2) is 6.97. The molecule has 0 aliphatic heterocycles. The molecule has 0 spiro atoms. The highest BCUT2D eigenvalue weighted by Crippen LogP contribution is 2.29. The Morgan fingerprint density at radius 3 is 2.70 bits per heavy atom. The van der Waals surface area contributed by atoms with Crippen molar-refractivity contribution in [2.45, 2.75) is 17.4 Å². The molecule has 0 radical (unpaired) electrons. The van der Waals surface area contributed by atoms with Gasteiger partial charge in [-0.15, -0.1) is 21.5 Å². The molecular formula is C16H15N3O2S2. The maximum Gasteiger partial charge on any atom is 0.277 e. The number of hydrogen-bond acceptors (Lipinski definition) is 6. The summed E-state index contributed by atoms with van der Waals surface area (Å²) in [5, 5.41) is 10.1. The van der Waals surface area contributed by atoms with E-state index in [9.17, 15) is 4.79 Å². The van der Waals surface area contributed by atoms with Gasteiger partial charge in [-0.25, -0.2) is 0 Å². The normalized spacial score (nSPS) is 12.1. The van der Waals surface area contributed by atoms with Gasteiger partial charge in [0, 0.05) is 12.7 Å². The number of thioether (sulfide) groups is 1. The Labute approximate surface area is 142 Å². The Kier molecular flexibility index (Phi) is 4.78. The van der Waals surface area contributed by atoms with Crippen molar-refractivity contribution in [1.82, 2.24) is 10.2 Å². The number of thiophene rings is 1. The number of anilines is 1. The van der Waals surface area contributed by atoms with Crippen molar-refractivity contribution in [3.63, 3.8) is 0 Å². The minimum absolute atomic E-state index is 0.0166. The van der Waals surface area contributed by atoms with Gasteiger partial charge in [0.05, 0.1) is 10.1 Å². The highest BCUT2D eigenvalue weighted by molar-refractivity contribution is 8.00. The van der Waals surface area contributed by atoms with Crippen molar-refractivity contribution in [3.8, 4) is 10.8 Å². The summed E-state index contributed by atoms with van der Waals surface area (Å²) in [5.74, 6) is 0.468. The quantitative estimate of drug-likeness (QED) is 0.656. The van der Waals surface area contributed by atoms with E-state index in [1.54, 1.807) is 11.9 Å². The molecule has 5 nitrogen and oxygen atoms in total. The lowest BCUT2D eigenvalue weighted by molar-refractivity contribution is -0.117. The van der Waals surface area contributed by atoms with Gasteiger partial charge in [0.25, 0.3) is 11.1 Å². The molecule has 118 valence electrons. The summed E-state index contributed by atoms with van der Waals surface area (Å²) in [6.07, 6.45) is 0. The highest BCUT2D eigenvalue weighted by atomic mass is 32.2. The van der Waals surface area contributed by atoms with Crippen LogP contribution in [0.3, 0.4) is 0 Å². The molecule has 2 heterocycles. The number of carbonyl (C=O) groups is 1. The zero-order valence-electron chi connectivity index (χ0n) is 12.7. The number of benzene rings is 1. The van der Waals surface area contributed by atoms with Crippen molar-refractivity contribution in [3.05, 3.63) is 47.8 Å². The fourth-order valence-electron chi connectivity index (χ4n) is 2.01. The summed E-state index contributed by atoms with van der Waals surface area (Å²) in [4.78, 5) is 15.1. The lowest BCUT2D eigenvalue weighted by Crippen LogP contribution is -2.33. The van der Waals surface area contributed by atoms with E-state index in [0.29, 0.717) is 11.1 Å². The Bertz CT molecular complexity index is 772. The van der Waals surface area contributed by atoms with Crippen LogP contribution in [0.1, 0.15) is 6.92 Å². The molecule has 0 aliphatic carbocycles. The van der Waals surface area contributed by atoms with Gasteiger partial charge in [-0.3, -0.25) is 4.79 Å². The largest absolute Gasteiger partial charge is 0.410 e. The van der Waals surface area contributed by atoms with Crippen LogP contribution in [0.15, 0.2) is 57.5 Å². The Morgan fingerprint density at radius 2 is 2.00 bits per heavy atom. The summed E-state index contributed by atoms with van der Waals surface area (Å²) in [7, 11) is 1.76. The summed E-state index contributed by atoms with van der Waals surface area (Å²) in [6.45, 7) is 1.83. The first-order valence-electron chi connectivity index (χ1n) is 7.02. The Balaban J connectivity index is 1.67. The number of para-hydroxylation sites is 1. The highest BCUT2D eigenvalue weighted by Gasteiger charge is 2.22. The van der Waals surface area contributed by atoms with Crippen LogP contribution in [0.5, 0.6) is 0 Å². The van der Waals surface area contributed by atoms with Gasteiger partial charge in [0.1, 0.15) is 0 Å². The second-order valence-electron chi connectivity index (χ2n) is 4.84. The van der Waals surface area contributed by atoms with E-state index in [2.05, 4.69) is 10.2 Å². The molecule has 1 amide bonds. The van der Waals surface area contributed by atoms with E-state index in [4.69, 9.17) is 4.42 Å². The third-order valence-corrected chi connectivity index (χ3v) is 5.02. The van der Waals surface area contributed by atoms with Crippen LogP contribution < -0.4 is 4.90 Å². The third kappa shape index (κ3) is 3.62. The first kappa shape index (κ1) is 15.8. The fraction of sp³-hybridized carbons (Fsp3) is 0.188. The van der Waals surface area contributed by atoms with Crippen LogP contribution in [0.4, 0.5) is 5.69 Å². The predicted octanol–water partition coefficient (Wildman–Crippen LogP) is 3.94. The smallest absolute Gasteiger partial charge is 0.277 e. The van der Waals surface area contributed by atoms with E-state index in [-0.39, 0.29) is 11.2 Å². The molecule has 2 aromatic heterocycles. The number of rotatable bonds is 5. The maximum absolute atomic E-state index is 12.5. The lowest BCUT2D eigenvalue weighted by atomic mass is 10.3. The van der Waals surface area contributed by atoms with Crippen molar-refractivity contribution in [2.75, 3.05) is 11.9 Å². The first-order valence-corrected chi connectivity index (χ1v) is 8.78. The molecule has 0 aliphatic rings. The minimum Gasteiger partial charge on any atom is -0.410 e. The molecule has 3 rings (SSSR count). The van der Waals surface area contributed by atoms with Crippen LogP contribution in [0.2, 0.25) is 0 Å². The van der Waals surface area contributed by atoms with Crippen molar-refractivity contribution >= 4 is 34.7 Å². The minimum atomic E-state index is -0.322. The van der Waals surface area contributed by atoms with Crippen LogP contribution in [-0.2, 0) is 4.79 Å². The molecule has 1 unspecified atom stereocenters. The summed E-state index contributed by atoms with van der Waals surface area (Å²) < 4.78 is 5.61. The predicted molar refractivity (Wildman–Crippen MR) is 92.8 cm³/mol. The molecular weight excluding hydrogens is 330 g/mol. The number of nitrogens with zero attached hydrogens (tertiary/aromatic N) is 3. The van der Waals surface area contributed by atoms with Crippen molar-refractivity contribution < 1.29 is 9.21 Å². The molecule has 3 aromatic rings. The molecule has 0 fully saturated rings. The monoisotopic (exact) mass is 345 g/mol. The van der Waals surface area contributed by atoms with Gasteiger partial charge in [0.15, 0.2) is 0 Å². The summed E-state index contributed by atoms with van der Waals surface area (Å²) in [5.41, 5.74) is 0.856. The number of amides is 1. The second-order valence-corrected chi connectivity index (χ2v) is 7.08. The van der Waals surface area contributed by atoms with E-state index in [1.807, 2.05) is 54.8 Å². The third-order valence-electron chi connectivity index (χ3n) is 3.24.